The lowest BCUT2D eigenvalue weighted by Crippen LogP contribution is -2.21. The second-order valence-corrected chi connectivity index (χ2v) is 9.41. The lowest BCUT2D eigenvalue weighted by Gasteiger charge is -2.27. The number of esters is 1. The highest BCUT2D eigenvalue weighted by Gasteiger charge is 2.32. The number of carbonyl (C=O) groups is 1. The summed E-state index contributed by atoms with van der Waals surface area (Å²) in [7, 11) is 3.07. The minimum Gasteiger partial charge on any atom is -0.493 e. The summed E-state index contributed by atoms with van der Waals surface area (Å²) in [5.74, 6) is 0.651. The molecule has 39 heavy (non-hydrogen) atoms. The molecular weight excluding hydrogens is 543 g/mol. The molecule has 0 bridgehead atoms. The molecule has 1 aliphatic rings. The van der Waals surface area contributed by atoms with E-state index >= 15 is 0 Å². The van der Waals surface area contributed by atoms with Gasteiger partial charge in [-0.25, -0.2) is 4.79 Å². The number of unbranched alkanes of at least 4 members (excludes halogenated alkanes) is 1. The number of methoxy groups -OCH3 is 2. The zero-order chi connectivity index (χ0) is 28.1. The number of hydrogen-bond donors (Lipinski definition) is 1. The van der Waals surface area contributed by atoms with Gasteiger partial charge in [-0.15, -0.1) is 0 Å². The number of benzene rings is 3. The Morgan fingerprint density at radius 2 is 1.77 bits per heavy atom. The summed E-state index contributed by atoms with van der Waals surface area (Å²) in [5, 5.41) is 10.3. The molecular formula is C29H26Cl2N2O6. The van der Waals surface area contributed by atoms with E-state index in [1.807, 2.05) is 13.0 Å². The largest absolute Gasteiger partial charge is 0.493 e. The molecule has 1 heterocycles. The fourth-order valence-corrected chi connectivity index (χ4v) is 4.77. The highest BCUT2D eigenvalue weighted by Crippen LogP contribution is 2.45. The number of halogens is 2. The number of rotatable bonds is 9. The van der Waals surface area contributed by atoms with E-state index in [0.717, 1.165) is 18.4 Å². The van der Waals surface area contributed by atoms with E-state index in [1.54, 1.807) is 31.4 Å². The summed E-state index contributed by atoms with van der Waals surface area (Å²) in [6.07, 6.45) is 1.80. The minimum absolute atomic E-state index is 0.0505. The van der Waals surface area contributed by atoms with Crippen molar-refractivity contribution in [2.75, 3.05) is 20.8 Å². The van der Waals surface area contributed by atoms with E-state index in [1.165, 1.54) is 25.3 Å². The predicted octanol–water partition coefficient (Wildman–Crippen LogP) is 6.63. The van der Waals surface area contributed by atoms with Crippen LogP contribution in [0.25, 0.3) is 0 Å². The Bertz CT molecular complexity index is 1460. The Labute approximate surface area is 236 Å². The third-order valence-electron chi connectivity index (χ3n) is 6.12. The SMILES string of the molecule is CCCCOc1c(Cl)cc(C(=O)Oc2ccc3c(c2)OC(N)=C(C#N)C3c2ccc(OC)c(OC)c2)cc1Cl. The summed E-state index contributed by atoms with van der Waals surface area (Å²) in [4.78, 5) is 12.9. The highest BCUT2D eigenvalue weighted by atomic mass is 35.5. The number of nitriles is 1. The van der Waals surface area contributed by atoms with Crippen LogP contribution in [0.2, 0.25) is 10.0 Å². The first-order valence-corrected chi connectivity index (χ1v) is 12.8. The molecule has 0 aromatic heterocycles. The van der Waals surface area contributed by atoms with E-state index in [4.69, 9.17) is 52.6 Å². The number of nitrogens with two attached hydrogens (primary N) is 1. The molecule has 3 aromatic rings. The first-order valence-electron chi connectivity index (χ1n) is 12.1. The van der Waals surface area contributed by atoms with Gasteiger partial charge in [-0.2, -0.15) is 5.26 Å². The van der Waals surface area contributed by atoms with Crippen LogP contribution in [0.3, 0.4) is 0 Å². The third-order valence-corrected chi connectivity index (χ3v) is 6.68. The Hall–Kier alpha value is -4.06. The van der Waals surface area contributed by atoms with Gasteiger partial charge in [0.25, 0.3) is 0 Å². The zero-order valence-corrected chi connectivity index (χ0v) is 23.1. The fraction of sp³-hybridized carbons (Fsp3) is 0.241. The molecule has 1 unspecified atom stereocenters. The van der Waals surface area contributed by atoms with Gasteiger partial charge in [0.15, 0.2) is 17.2 Å². The van der Waals surface area contributed by atoms with E-state index in [2.05, 4.69) is 6.07 Å². The number of allylic oxidation sites excluding steroid dienone is 1. The summed E-state index contributed by atoms with van der Waals surface area (Å²) < 4.78 is 27.7. The van der Waals surface area contributed by atoms with Gasteiger partial charge in [-0.1, -0.05) is 48.7 Å². The van der Waals surface area contributed by atoms with Crippen LogP contribution in [0.1, 0.15) is 47.2 Å². The highest BCUT2D eigenvalue weighted by molar-refractivity contribution is 6.37. The lowest BCUT2D eigenvalue weighted by molar-refractivity contribution is 0.0734. The first-order chi connectivity index (χ1) is 18.8. The standard InChI is InChI=1S/C29H26Cl2N2O6/c1-4-5-10-37-27-21(30)11-17(12-22(27)31)29(34)38-18-7-8-19-24(14-18)39-28(33)20(15-32)26(19)16-6-9-23(35-2)25(13-16)36-3/h6-9,11-14,26H,4-5,10,33H2,1-3H3. The molecule has 0 aliphatic carbocycles. The number of fused-ring (bicyclic) bond motifs is 1. The van der Waals surface area contributed by atoms with E-state index in [-0.39, 0.29) is 32.8 Å². The quantitative estimate of drug-likeness (QED) is 0.174. The molecule has 4 rings (SSSR count). The van der Waals surface area contributed by atoms with Crippen molar-refractivity contribution in [2.24, 2.45) is 5.73 Å². The van der Waals surface area contributed by atoms with Gasteiger partial charge in [-0.05, 0) is 42.3 Å². The van der Waals surface area contributed by atoms with Crippen molar-refractivity contribution in [3.63, 3.8) is 0 Å². The Balaban J connectivity index is 1.62. The number of hydrogen-bond acceptors (Lipinski definition) is 8. The molecule has 0 saturated carbocycles. The van der Waals surface area contributed by atoms with Crippen LogP contribution in [0.15, 0.2) is 60.0 Å². The maximum Gasteiger partial charge on any atom is 0.343 e. The van der Waals surface area contributed by atoms with Crippen LogP contribution in [0.5, 0.6) is 28.7 Å². The number of carbonyl (C=O) groups excluding carboxylic acids is 1. The molecule has 2 N–H and O–H groups in total. The molecule has 3 aromatic carbocycles. The number of nitrogens with zero attached hydrogens (tertiary/aromatic N) is 1. The van der Waals surface area contributed by atoms with Crippen molar-refractivity contribution in [1.82, 2.24) is 0 Å². The van der Waals surface area contributed by atoms with E-state index in [9.17, 15) is 10.1 Å². The van der Waals surface area contributed by atoms with Gasteiger partial charge in [0.05, 0.1) is 42.4 Å². The minimum atomic E-state index is -0.674. The average molecular weight is 569 g/mol. The Kier molecular flexibility index (Phi) is 8.75. The van der Waals surface area contributed by atoms with Gasteiger partial charge < -0.3 is 29.4 Å². The van der Waals surface area contributed by atoms with E-state index < -0.39 is 11.9 Å². The lowest BCUT2D eigenvalue weighted by atomic mass is 9.83. The van der Waals surface area contributed by atoms with Crippen molar-refractivity contribution in [3.8, 4) is 34.8 Å². The molecule has 0 fully saturated rings. The number of ether oxygens (including phenoxy) is 5. The normalized spacial score (nSPS) is 14.1. The summed E-state index contributed by atoms with van der Waals surface area (Å²) in [6, 6.07) is 15.2. The summed E-state index contributed by atoms with van der Waals surface area (Å²) >= 11 is 12.6. The van der Waals surface area contributed by atoms with Crippen molar-refractivity contribution >= 4 is 29.2 Å². The van der Waals surface area contributed by atoms with Crippen molar-refractivity contribution in [2.45, 2.75) is 25.7 Å². The van der Waals surface area contributed by atoms with Crippen molar-refractivity contribution in [1.29, 1.82) is 5.26 Å². The molecule has 0 spiro atoms. The maximum absolute atomic E-state index is 12.9. The molecule has 1 aliphatic heterocycles. The van der Waals surface area contributed by atoms with Gasteiger partial charge in [0, 0.05) is 11.6 Å². The zero-order valence-electron chi connectivity index (χ0n) is 21.5. The van der Waals surface area contributed by atoms with Gasteiger partial charge in [0.2, 0.25) is 5.88 Å². The topological polar surface area (TPSA) is 113 Å². The molecule has 10 heteroatoms. The van der Waals surface area contributed by atoms with Crippen molar-refractivity contribution < 1.29 is 28.5 Å². The predicted molar refractivity (Wildman–Crippen MR) is 147 cm³/mol. The van der Waals surface area contributed by atoms with Gasteiger partial charge in [0.1, 0.15) is 23.1 Å². The summed E-state index contributed by atoms with van der Waals surface area (Å²) in [6.45, 7) is 2.51. The molecule has 202 valence electrons. The summed E-state index contributed by atoms with van der Waals surface area (Å²) in [5.41, 5.74) is 7.92. The molecule has 0 saturated heterocycles. The fourth-order valence-electron chi connectivity index (χ4n) is 4.17. The van der Waals surface area contributed by atoms with Crippen LogP contribution in [0, 0.1) is 11.3 Å². The van der Waals surface area contributed by atoms with Gasteiger partial charge >= 0.3 is 5.97 Å². The smallest absolute Gasteiger partial charge is 0.343 e. The Morgan fingerprint density at radius 1 is 1.05 bits per heavy atom. The van der Waals surface area contributed by atoms with E-state index in [0.29, 0.717) is 35.2 Å². The average Bonchev–Trinajstić information content (AvgIpc) is 2.93. The van der Waals surface area contributed by atoms with Gasteiger partial charge in [-0.3, -0.25) is 0 Å². The van der Waals surface area contributed by atoms with Crippen LogP contribution in [-0.2, 0) is 0 Å². The second-order valence-electron chi connectivity index (χ2n) is 8.60. The molecule has 0 amide bonds. The second kappa shape index (κ2) is 12.2. The monoisotopic (exact) mass is 568 g/mol. The third kappa shape index (κ3) is 5.85. The Morgan fingerprint density at radius 3 is 2.41 bits per heavy atom. The molecule has 8 nitrogen and oxygen atoms in total. The van der Waals surface area contributed by atoms with Crippen LogP contribution in [-0.4, -0.2) is 26.8 Å². The molecule has 1 atom stereocenters. The maximum atomic E-state index is 12.9. The first kappa shape index (κ1) is 28.0. The van der Waals surface area contributed by atoms with Crippen LogP contribution >= 0.6 is 23.2 Å². The van der Waals surface area contributed by atoms with Crippen LogP contribution < -0.4 is 29.4 Å². The molecule has 0 radical (unpaired) electrons. The van der Waals surface area contributed by atoms with Crippen molar-refractivity contribution in [3.05, 3.63) is 86.7 Å². The van der Waals surface area contributed by atoms with Crippen LogP contribution in [0.4, 0.5) is 0 Å².